The molecule has 3 aromatic rings. The molecule has 32 heavy (non-hydrogen) atoms. The van der Waals surface area contributed by atoms with Gasteiger partial charge in [-0.3, -0.25) is 9.59 Å². The van der Waals surface area contributed by atoms with Gasteiger partial charge in [-0.25, -0.2) is 0 Å². The molecule has 3 rings (SSSR count). The van der Waals surface area contributed by atoms with E-state index in [4.69, 9.17) is 4.42 Å². The van der Waals surface area contributed by atoms with E-state index in [9.17, 15) is 9.59 Å². The zero-order valence-corrected chi connectivity index (χ0v) is 18.8. The van der Waals surface area contributed by atoms with E-state index < -0.39 is 0 Å². The zero-order valence-electron chi connectivity index (χ0n) is 18.8. The minimum atomic E-state index is -0.160. The van der Waals surface area contributed by atoms with E-state index in [-0.39, 0.29) is 18.4 Å². The maximum Gasteiger partial charge on any atom is 0.247 e. The number of unbranched alkanes of at least 4 members (excludes halogenated alkanes) is 1. The quantitative estimate of drug-likeness (QED) is 0.419. The molecular formula is C26H31N3O3. The molecule has 0 saturated carbocycles. The number of carbonyl (C=O) groups excluding carboxylic acids is 2. The van der Waals surface area contributed by atoms with E-state index in [0.29, 0.717) is 25.4 Å². The first-order chi connectivity index (χ1) is 15.6. The lowest BCUT2D eigenvalue weighted by atomic mass is 10.2. The fraction of sp³-hybridized carbons (Fsp3) is 0.308. The molecule has 0 spiro atoms. The second-order valence-electron chi connectivity index (χ2n) is 7.80. The molecule has 0 unspecified atom stereocenters. The summed E-state index contributed by atoms with van der Waals surface area (Å²) >= 11 is 0. The lowest BCUT2D eigenvalue weighted by molar-refractivity contribution is -0.139. The van der Waals surface area contributed by atoms with Crippen LogP contribution in [0.2, 0.25) is 0 Å². The van der Waals surface area contributed by atoms with Gasteiger partial charge in [0.1, 0.15) is 12.3 Å². The van der Waals surface area contributed by atoms with Crippen molar-refractivity contribution in [3.05, 3.63) is 90.2 Å². The summed E-state index contributed by atoms with van der Waals surface area (Å²) in [5, 5.41) is 0. The number of hydrogen-bond donors (Lipinski definition) is 0. The highest BCUT2D eigenvalue weighted by atomic mass is 16.3. The van der Waals surface area contributed by atoms with Crippen molar-refractivity contribution < 1.29 is 14.0 Å². The van der Waals surface area contributed by atoms with Crippen molar-refractivity contribution in [3.8, 4) is 0 Å². The molecule has 0 N–H and O–H groups in total. The standard InChI is InChI=1S/C26H31N3O3/c1-3-4-17-28(25(30)15-14-22-10-6-5-7-11-22)21-26(31)29(20-24-13-9-18-32-24)19-23-12-8-16-27(23)2/h5-16,18H,3-4,17,19-21H2,1-2H3/b15-14+. The molecule has 168 valence electrons. The maximum atomic E-state index is 13.3. The first-order valence-corrected chi connectivity index (χ1v) is 11.0. The summed E-state index contributed by atoms with van der Waals surface area (Å²) in [7, 11) is 1.95. The van der Waals surface area contributed by atoms with Crippen LogP contribution >= 0.6 is 0 Å². The molecule has 6 nitrogen and oxygen atoms in total. The molecule has 0 fully saturated rings. The van der Waals surface area contributed by atoms with Gasteiger partial charge in [-0.1, -0.05) is 43.7 Å². The second-order valence-corrected chi connectivity index (χ2v) is 7.80. The molecule has 1 aromatic carbocycles. The van der Waals surface area contributed by atoms with Crippen molar-refractivity contribution in [2.45, 2.75) is 32.9 Å². The normalized spacial score (nSPS) is 11.1. The van der Waals surface area contributed by atoms with Crippen LogP contribution in [0, 0.1) is 0 Å². The highest BCUT2D eigenvalue weighted by Crippen LogP contribution is 2.13. The van der Waals surface area contributed by atoms with Crippen molar-refractivity contribution in [2.24, 2.45) is 7.05 Å². The van der Waals surface area contributed by atoms with Crippen LogP contribution in [0.3, 0.4) is 0 Å². The van der Waals surface area contributed by atoms with Crippen molar-refractivity contribution >= 4 is 17.9 Å². The molecule has 0 radical (unpaired) electrons. The molecule has 2 heterocycles. The number of carbonyl (C=O) groups is 2. The Hall–Kier alpha value is -3.54. The molecular weight excluding hydrogens is 402 g/mol. The van der Waals surface area contributed by atoms with Crippen molar-refractivity contribution in [3.63, 3.8) is 0 Å². The smallest absolute Gasteiger partial charge is 0.247 e. The Morgan fingerprint density at radius 3 is 2.47 bits per heavy atom. The van der Waals surface area contributed by atoms with Gasteiger partial charge in [-0.05, 0) is 42.3 Å². The molecule has 0 atom stereocenters. The van der Waals surface area contributed by atoms with Crippen LogP contribution in [0.15, 0.2) is 77.6 Å². The topological polar surface area (TPSA) is 58.7 Å². The number of amides is 2. The minimum absolute atomic E-state index is 0.0308. The Balaban J connectivity index is 1.73. The Bertz CT molecular complexity index is 1010. The maximum absolute atomic E-state index is 13.3. The third-order valence-electron chi connectivity index (χ3n) is 5.32. The van der Waals surface area contributed by atoms with Gasteiger partial charge in [0.25, 0.3) is 0 Å². The van der Waals surface area contributed by atoms with Gasteiger partial charge in [-0.2, -0.15) is 0 Å². The van der Waals surface area contributed by atoms with Crippen molar-refractivity contribution in [1.82, 2.24) is 14.4 Å². The Labute approximate surface area is 189 Å². The first kappa shape index (κ1) is 23.1. The highest BCUT2D eigenvalue weighted by Gasteiger charge is 2.22. The molecule has 2 amide bonds. The third-order valence-corrected chi connectivity index (χ3v) is 5.32. The summed E-state index contributed by atoms with van der Waals surface area (Å²) in [6.45, 7) is 3.44. The molecule has 0 aliphatic heterocycles. The summed E-state index contributed by atoms with van der Waals surface area (Å²) in [5.74, 6) is 0.440. The number of aryl methyl sites for hydroxylation is 1. The van der Waals surface area contributed by atoms with Gasteiger partial charge < -0.3 is 18.8 Å². The van der Waals surface area contributed by atoms with Crippen molar-refractivity contribution in [2.75, 3.05) is 13.1 Å². The van der Waals surface area contributed by atoms with Gasteiger partial charge in [0.2, 0.25) is 11.8 Å². The SMILES string of the molecule is CCCCN(CC(=O)N(Cc1ccco1)Cc1cccn1C)C(=O)/C=C/c1ccccc1. The number of aromatic nitrogens is 1. The Morgan fingerprint density at radius 1 is 1.00 bits per heavy atom. The molecule has 0 bridgehead atoms. The van der Waals surface area contributed by atoms with Crippen LogP contribution < -0.4 is 0 Å². The Morgan fingerprint density at radius 2 is 1.81 bits per heavy atom. The van der Waals surface area contributed by atoms with Crippen molar-refractivity contribution in [1.29, 1.82) is 0 Å². The predicted molar refractivity (Wildman–Crippen MR) is 125 cm³/mol. The van der Waals surface area contributed by atoms with Gasteiger partial charge >= 0.3 is 0 Å². The molecule has 0 aliphatic rings. The summed E-state index contributed by atoms with van der Waals surface area (Å²) < 4.78 is 7.47. The van der Waals surface area contributed by atoms with Crippen LogP contribution in [-0.2, 0) is 29.7 Å². The molecule has 2 aromatic heterocycles. The fourth-order valence-electron chi connectivity index (χ4n) is 3.40. The van der Waals surface area contributed by atoms with Crippen LogP contribution in [-0.4, -0.2) is 39.3 Å². The number of benzene rings is 1. The zero-order chi connectivity index (χ0) is 22.8. The first-order valence-electron chi connectivity index (χ1n) is 11.0. The molecule has 0 aliphatic carbocycles. The van der Waals surface area contributed by atoms with Gasteiger partial charge in [0.15, 0.2) is 0 Å². The number of rotatable bonds is 11. The van der Waals surface area contributed by atoms with Crippen LogP contribution in [0.5, 0.6) is 0 Å². The predicted octanol–water partition coefficient (Wildman–Crippen LogP) is 4.49. The highest BCUT2D eigenvalue weighted by molar-refractivity contribution is 5.94. The minimum Gasteiger partial charge on any atom is -0.467 e. The lowest BCUT2D eigenvalue weighted by Gasteiger charge is -2.27. The van der Waals surface area contributed by atoms with Gasteiger partial charge in [-0.15, -0.1) is 0 Å². The van der Waals surface area contributed by atoms with E-state index in [2.05, 4.69) is 6.92 Å². The molecule has 0 saturated heterocycles. The van der Waals surface area contributed by atoms with E-state index in [1.165, 1.54) is 0 Å². The summed E-state index contributed by atoms with van der Waals surface area (Å²) in [6, 6.07) is 17.3. The third kappa shape index (κ3) is 6.74. The van der Waals surface area contributed by atoms with E-state index >= 15 is 0 Å². The number of hydrogen-bond acceptors (Lipinski definition) is 3. The van der Waals surface area contributed by atoms with E-state index in [0.717, 1.165) is 24.1 Å². The van der Waals surface area contributed by atoms with E-state index in [1.54, 1.807) is 28.2 Å². The summed E-state index contributed by atoms with van der Waals surface area (Å²) in [6.07, 6.45) is 8.68. The number of nitrogens with zero attached hydrogens (tertiary/aromatic N) is 3. The largest absolute Gasteiger partial charge is 0.467 e. The molecule has 6 heteroatoms. The fourth-order valence-corrected chi connectivity index (χ4v) is 3.40. The monoisotopic (exact) mass is 433 g/mol. The van der Waals surface area contributed by atoms with Gasteiger partial charge in [0, 0.05) is 31.6 Å². The van der Waals surface area contributed by atoms with E-state index in [1.807, 2.05) is 72.4 Å². The second kappa shape index (κ2) is 11.7. The average Bonchev–Trinajstić information content (AvgIpc) is 3.47. The van der Waals surface area contributed by atoms with Crippen LogP contribution in [0.25, 0.3) is 6.08 Å². The van der Waals surface area contributed by atoms with Crippen LogP contribution in [0.4, 0.5) is 0 Å². The number of furan rings is 1. The van der Waals surface area contributed by atoms with Crippen LogP contribution in [0.1, 0.15) is 36.8 Å². The average molecular weight is 434 g/mol. The lowest BCUT2D eigenvalue weighted by Crippen LogP contribution is -2.42. The van der Waals surface area contributed by atoms with Gasteiger partial charge in [0.05, 0.1) is 19.4 Å². The summed E-state index contributed by atoms with van der Waals surface area (Å²) in [5.41, 5.74) is 1.96. The Kier molecular flexibility index (Phi) is 8.49. The summed E-state index contributed by atoms with van der Waals surface area (Å²) in [4.78, 5) is 29.6.